The number of aryl methyl sites for hydroxylation is 1. The molecule has 1 saturated heterocycles. The van der Waals surface area contributed by atoms with Crippen LogP contribution in [0.1, 0.15) is 31.5 Å². The Kier molecular flexibility index (Phi) is 4.36. The topological polar surface area (TPSA) is 64.2 Å². The molecule has 1 amide bonds. The van der Waals surface area contributed by atoms with Crippen molar-refractivity contribution in [3.8, 4) is 0 Å². The second kappa shape index (κ2) is 6.00. The average Bonchev–Trinajstić information content (AvgIpc) is 2.97. The van der Waals surface area contributed by atoms with Crippen LogP contribution in [0.25, 0.3) is 0 Å². The summed E-state index contributed by atoms with van der Waals surface area (Å²) in [6, 6.07) is 0.322. The van der Waals surface area contributed by atoms with E-state index in [-0.39, 0.29) is 5.91 Å². The van der Waals surface area contributed by atoms with Gasteiger partial charge in [-0.1, -0.05) is 0 Å². The molecule has 1 atom stereocenters. The summed E-state index contributed by atoms with van der Waals surface area (Å²) < 4.78 is 2.12. The molecule has 1 unspecified atom stereocenters. The molecule has 5 heteroatoms. The zero-order valence-electron chi connectivity index (χ0n) is 11.0. The van der Waals surface area contributed by atoms with Gasteiger partial charge in [0.15, 0.2) is 0 Å². The summed E-state index contributed by atoms with van der Waals surface area (Å²) in [6.45, 7) is 4.34. The van der Waals surface area contributed by atoms with Crippen LogP contribution in [0.2, 0.25) is 0 Å². The van der Waals surface area contributed by atoms with Gasteiger partial charge in [-0.2, -0.15) is 0 Å². The summed E-state index contributed by atoms with van der Waals surface area (Å²) in [4.78, 5) is 18.3. The second-order valence-corrected chi connectivity index (χ2v) is 4.90. The van der Waals surface area contributed by atoms with Crippen LogP contribution in [-0.2, 0) is 11.3 Å². The van der Waals surface area contributed by atoms with Crippen LogP contribution in [0.15, 0.2) is 12.4 Å². The fraction of sp³-hybridized carbons (Fsp3) is 0.692. The summed E-state index contributed by atoms with van der Waals surface area (Å²) in [7, 11) is 0. The minimum absolute atomic E-state index is 0.251. The molecule has 2 N–H and O–H groups in total. The van der Waals surface area contributed by atoms with Gasteiger partial charge < -0.3 is 15.2 Å². The third-order valence-electron chi connectivity index (χ3n) is 3.62. The lowest BCUT2D eigenvalue weighted by atomic mass is 10.2. The van der Waals surface area contributed by atoms with Gasteiger partial charge in [0.2, 0.25) is 5.91 Å². The smallest absolute Gasteiger partial charge is 0.222 e. The van der Waals surface area contributed by atoms with Gasteiger partial charge in [-0.3, -0.25) is 4.79 Å². The van der Waals surface area contributed by atoms with Crippen molar-refractivity contribution in [1.29, 1.82) is 0 Å². The lowest BCUT2D eigenvalue weighted by Crippen LogP contribution is -2.38. The zero-order valence-corrected chi connectivity index (χ0v) is 11.0. The average molecular weight is 250 g/mol. The van der Waals surface area contributed by atoms with Gasteiger partial charge in [0.1, 0.15) is 5.82 Å². The van der Waals surface area contributed by atoms with E-state index in [9.17, 15) is 4.79 Å². The Morgan fingerprint density at radius 3 is 3.11 bits per heavy atom. The molecule has 1 aromatic rings. The number of carbonyl (C=O) groups is 1. The van der Waals surface area contributed by atoms with E-state index in [0.717, 1.165) is 38.2 Å². The highest BCUT2D eigenvalue weighted by Crippen LogP contribution is 2.20. The van der Waals surface area contributed by atoms with Crippen molar-refractivity contribution in [3.05, 3.63) is 18.2 Å². The number of hydrogen-bond acceptors (Lipinski definition) is 3. The van der Waals surface area contributed by atoms with Crippen LogP contribution in [0, 0.1) is 6.92 Å². The number of nitrogens with two attached hydrogens (primary N) is 1. The predicted molar refractivity (Wildman–Crippen MR) is 70.0 cm³/mol. The Balaban J connectivity index is 1.95. The SMILES string of the molecule is Cc1nccn1CC1CCCN1C(=O)CCCN. The maximum absolute atomic E-state index is 12.1. The molecule has 1 aliphatic heterocycles. The van der Waals surface area contributed by atoms with E-state index >= 15 is 0 Å². The quantitative estimate of drug-likeness (QED) is 0.845. The maximum atomic E-state index is 12.1. The molecule has 0 bridgehead atoms. The molecule has 2 heterocycles. The van der Waals surface area contributed by atoms with Gasteiger partial charge in [-0.15, -0.1) is 0 Å². The van der Waals surface area contributed by atoms with Crippen molar-refractivity contribution >= 4 is 5.91 Å². The van der Waals surface area contributed by atoms with Gasteiger partial charge in [0.25, 0.3) is 0 Å². The molecule has 18 heavy (non-hydrogen) atoms. The summed E-state index contributed by atoms with van der Waals surface area (Å²) in [6.07, 6.45) is 7.35. The molecular formula is C13H22N4O. The number of imidazole rings is 1. The number of rotatable bonds is 5. The molecule has 0 saturated carbocycles. The lowest BCUT2D eigenvalue weighted by Gasteiger charge is -2.25. The summed E-state index contributed by atoms with van der Waals surface area (Å²) >= 11 is 0. The number of aromatic nitrogens is 2. The number of amides is 1. The van der Waals surface area contributed by atoms with Crippen molar-refractivity contribution in [2.24, 2.45) is 5.73 Å². The van der Waals surface area contributed by atoms with Crippen LogP contribution in [0.4, 0.5) is 0 Å². The highest BCUT2D eigenvalue weighted by atomic mass is 16.2. The lowest BCUT2D eigenvalue weighted by molar-refractivity contribution is -0.132. The third-order valence-corrected chi connectivity index (χ3v) is 3.62. The highest BCUT2D eigenvalue weighted by Gasteiger charge is 2.28. The minimum Gasteiger partial charge on any atom is -0.338 e. The molecule has 0 aromatic carbocycles. The first-order chi connectivity index (χ1) is 8.72. The van der Waals surface area contributed by atoms with E-state index in [0.29, 0.717) is 19.0 Å². The standard InChI is InChI=1S/C13H22N4O/c1-11-15-7-9-16(11)10-12-4-3-8-17(12)13(18)5-2-6-14/h7,9,12H,2-6,8,10,14H2,1H3. The number of carbonyl (C=O) groups excluding carboxylic acids is 1. The number of nitrogens with zero attached hydrogens (tertiary/aromatic N) is 3. The van der Waals surface area contributed by atoms with Crippen molar-refractivity contribution < 1.29 is 4.79 Å². The van der Waals surface area contributed by atoms with Gasteiger partial charge in [0, 0.05) is 37.9 Å². The molecular weight excluding hydrogens is 228 g/mol. The molecule has 2 rings (SSSR count). The van der Waals surface area contributed by atoms with Crippen LogP contribution >= 0.6 is 0 Å². The first kappa shape index (κ1) is 13.1. The van der Waals surface area contributed by atoms with Crippen LogP contribution in [0.3, 0.4) is 0 Å². The first-order valence-electron chi connectivity index (χ1n) is 6.69. The minimum atomic E-state index is 0.251. The third kappa shape index (κ3) is 2.90. The normalized spacial score (nSPS) is 19.4. The fourth-order valence-corrected chi connectivity index (χ4v) is 2.57. The van der Waals surface area contributed by atoms with E-state index in [1.54, 1.807) is 0 Å². The molecule has 1 fully saturated rings. The molecule has 100 valence electrons. The monoisotopic (exact) mass is 250 g/mol. The van der Waals surface area contributed by atoms with Crippen LogP contribution in [-0.4, -0.2) is 39.5 Å². The van der Waals surface area contributed by atoms with Crippen LogP contribution in [0.5, 0.6) is 0 Å². The molecule has 1 aromatic heterocycles. The number of hydrogen-bond donors (Lipinski definition) is 1. The Bertz CT molecular complexity index is 401. The fourth-order valence-electron chi connectivity index (χ4n) is 2.57. The maximum Gasteiger partial charge on any atom is 0.222 e. The van der Waals surface area contributed by atoms with Gasteiger partial charge in [-0.25, -0.2) is 4.98 Å². The predicted octanol–water partition coefficient (Wildman–Crippen LogP) is 0.921. The van der Waals surface area contributed by atoms with E-state index in [1.165, 1.54) is 0 Å². The molecule has 0 radical (unpaired) electrons. The summed E-state index contributed by atoms with van der Waals surface area (Å²) in [5.74, 6) is 1.26. The van der Waals surface area contributed by atoms with Gasteiger partial charge in [0.05, 0.1) is 0 Å². The summed E-state index contributed by atoms with van der Waals surface area (Å²) in [5.41, 5.74) is 5.46. The van der Waals surface area contributed by atoms with E-state index in [2.05, 4.69) is 9.55 Å². The van der Waals surface area contributed by atoms with E-state index in [4.69, 9.17) is 5.73 Å². The van der Waals surface area contributed by atoms with Crippen molar-refractivity contribution in [2.75, 3.05) is 13.1 Å². The molecule has 1 aliphatic rings. The van der Waals surface area contributed by atoms with Gasteiger partial charge >= 0.3 is 0 Å². The van der Waals surface area contributed by atoms with Gasteiger partial charge in [-0.05, 0) is 32.7 Å². The van der Waals surface area contributed by atoms with Crippen molar-refractivity contribution in [3.63, 3.8) is 0 Å². The molecule has 5 nitrogen and oxygen atoms in total. The summed E-state index contributed by atoms with van der Waals surface area (Å²) in [5, 5.41) is 0. The first-order valence-corrected chi connectivity index (χ1v) is 6.69. The second-order valence-electron chi connectivity index (χ2n) is 4.90. The van der Waals surface area contributed by atoms with E-state index in [1.807, 2.05) is 24.2 Å². The number of likely N-dealkylation sites (tertiary alicyclic amines) is 1. The Hall–Kier alpha value is -1.36. The highest BCUT2D eigenvalue weighted by molar-refractivity contribution is 5.76. The van der Waals surface area contributed by atoms with Crippen molar-refractivity contribution in [1.82, 2.24) is 14.5 Å². The largest absolute Gasteiger partial charge is 0.338 e. The molecule has 0 aliphatic carbocycles. The van der Waals surface area contributed by atoms with Crippen molar-refractivity contribution in [2.45, 2.75) is 45.2 Å². The van der Waals surface area contributed by atoms with E-state index < -0.39 is 0 Å². The zero-order chi connectivity index (χ0) is 13.0. The Morgan fingerprint density at radius 2 is 2.44 bits per heavy atom. The van der Waals surface area contributed by atoms with Crippen LogP contribution < -0.4 is 5.73 Å². The molecule has 0 spiro atoms. The Morgan fingerprint density at radius 1 is 1.61 bits per heavy atom. The Labute approximate surface area is 108 Å².